The Morgan fingerprint density at radius 2 is 1.02 bits per heavy atom. The lowest BCUT2D eigenvalue weighted by Crippen LogP contribution is -2.25. The van der Waals surface area contributed by atoms with Crippen molar-refractivity contribution in [3.05, 3.63) is 125 Å². The molecule has 0 radical (unpaired) electrons. The first-order valence-electron chi connectivity index (χ1n) is 12.9. The molecule has 4 aromatic carbocycles. The third-order valence-electron chi connectivity index (χ3n) is 6.14. The van der Waals surface area contributed by atoms with Gasteiger partial charge in [-0.25, -0.2) is 40.7 Å². The molecule has 0 aliphatic carbocycles. The van der Waals surface area contributed by atoms with E-state index in [1.807, 2.05) is 13.8 Å². The van der Waals surface area contributed by atoms with Gasteiger partial charge in [-0.15, -0.1) is 0 Å². The summed E-state index contributed by atoms with van der Waals surface area (Å²) in [6.07, 6.45) is -1.69. The van der Waals surface area contributed by atoms with Gasteiger partial charge in [-0.3, -0.25) is 0 Å². The Balaban J connectivity index is 0.00000216. The zero-order chi connectivity index (χ0) is 32.3. The molecular weight excluding hydrogens is 599 g/mol. The molecule has 0 unspecified atom stereocenters. The maximum atomic E-state index is 15.1. The highest BCUT2D eigenvalue weighted by atomic mass is 19.3. The monoisotopic (exact) mass is 620 g/mol. The molecule has 0 aliphatic heterocycles. The summed E-state index contributed by atoms with van der Waals surface area (Å²) in [5.41, 5.74) is -1.58. The van der Waals surface area contributed by atoms with Gasteiger partial charge in [-0.1, -0.05) is 38.1 Å². The lowest BCUT2D eigenvalue weighted by atomic mass is 9.97. The molecule has 0 fully saturated rings. The Bertz CT molecular complexity index is 1780. The van der Waals surface area contributed by atoms with E-state index in [1.54, 1.807) is 19.3 Å². The van der Waals surface area contributed by atoms with Crippen LogP contribution in [-0.2, 0) is 6.11 Å². The summed E-state index contributed by atoms with van der Waals surface area (Å²) in [7, 11) is 0. The zero-order valence-electron chi connectivity index (χ0n) is 23.1. The molecule has 228 valence electrons. The summed E-state index contributed by atoms with van der Waals surface area (Å²) in [5.74, 6) is -12.2. The van der Waals surface area contributed by atoms with Gasteiger partial charge in [-0.2, -0.15) is 8.78 Å². The Morgan fingerprint density at radius 3 is 1.55 bits per heavy atom. The Labute approximate surface area is 245 Å². The second-order valence-electron chi connectivity index (χ2n) is 9.11. The van der Waals surface area contributed by atoms with Gasteiger partial charge in [-0.05, 0) is 47.9 Å². The number of benzene rings is 4. The van der Waals surface area contributed by atoms with Crippen LogP contribution in [0, 0.1) is 47.6 Å². The van der Waals surface area contributed by atoms with Crippen molar-refractivity contribution in [2.75, 3.05) is 0 Å². The van der Waals surface area contributed by atoms with Crippen LogP contribution in [0.2, 0.25) is 0 Å². The third kappa shape index (κ3) is 6.53. The molecule has 0 N–H and O–H groups in total. The van der Waals surface area contributed by atoms with Gasteiger partial charge in [0.1, 0.15) is 34.6 Å². The van der Waals surface area contributed by atoms with Crippen LogP contribution in [-0.4, -0.2) is 9.97 Å². The fraction of sp³-hybridized carbons (Fsp3) is 0.125. The number of alkyl halides is 2. The maximum Gasteiger partial charge on any atom is 0.432 e. The average molecular weight is 621 g/mol. The van der Waals surface area contributed by atoms with E-state index in [1.165, 1.54) is 18.2 Å². The van der Waals surface area contributed by atoms with Gasteiger partial charge in [0.2, 0.25) is 0 Å². The molecule has 0 saturated carbocycles. The second kappa shape index (κ2) is 12.8. The number of ether oxygens (including phenoxy) is 1. The van der Waals surface area contributed by atoms with E-state index in [0.717, 1.165) is 23.8 Å². The fourth-order valence-corrected chi connectivity index (χ4v) is 4.14. The van der Waals surface area contributed by atoms with Gasteiger partial charge in [0, 0.05) is 41.2 Å². The van der Waals surface area contributed by atoms with Crippen LogP contribution in [0.3, 0.4) is 0 Å². The lowest BCUT2D eigenvalue weighted by molar-refractivity contribution is -0.189. The van der Waals surface area contributed by atoms with Crippen molar-refractivity contribution in [3.63, 3.8) is 0 Å². The van der Waals surface area contributed by atoms with Crippen LogP contribution in [0.5, 0.6) is 5.75 Å². The number of aryl methyl sites for hydroxylation is 1. The summed E-state index contributed by atoms with van der Waals surface area (Å²) in [4.78, 5) is 8.24. The summed E-state index contributed by atoms with van der Waals surface area (Å²) >= 11 is 0. The summed E-state index contributed by atoms with van der Waals surface area (Å²) in [6, 6.07) is 8.23. The average Bonchev–Trinajstić information content (AvgIpc) is 2.96. The van der Waals surface area contributed by atoms with Crippen molar-refractivity contribution in [3.8, 4) is 39.4 Å². The van der Waals surface area contributed by atoms with Gasteiger partial charge in [0.25, 0.3) is 0 Å². The maximum absolute atomic E-state index is 15.1. The smallest absolute Gasteiger partial charge is 0.429 e. The normalized spacial score (nSPS) is 11.2. The molecule has 0 aliphatic rings. The summed E-state index contributed by atoms with van der Waals surface area (Å²) < 4.78 is 133. The van der Waals surface area contributed by atoms with Crippen molar-refractivity contribution in [2.24, 2.45) is 0 Å². The molecule has 1 aromatic heterocycles. The SMILES string of the molecule is CC.Cc1cnc(-c2ccc(-c3ccc(-c4cc(F)c(C(F)(F)Oc5cc(F)c(F)c(F)c5)c(F)c4)c(F)c3)c(F)c2)nc1. The van der Waals surface area contributed by atoms with E-state index in [0.29, 0.717) is 17.7 Å². The van der Waals surface area contributed by atoms with E-state index in [4.69, 9.17) is 0 Å². The standard InChI is InChI=1S/C30H15F9N2O.C2H6/c1-14-12-40-29(41-13-14)16-3-5-19(22(32)7-16)15-2-4-20(21(31)6-15)17-8-23(33)27(24(34)9-17)30(38,39)42-18-10-25(35)28(37)26(36)11-18;1-2/h2-13H,1H3;1-2H3. The number of rotatable bonds is 6. The van der Waals surface area contributed by atoms with E-state index >= 15 is 4.39 Å². The molecule has 3 nitrogen and oxygen atoms in total. The highest BCUT2D eigenvalue weighted by molar-refractivity contribution is 5.73. The van der Waals surface area contributed by atoms with E-state index in [-0.39, 0.29) is 29.1 Å². The van der Waals surface area contributed by atoms with Crippen molar-refractivity contribution in [1.82, 2.24) is 9.97 Å². The largest absolute Gasteiger partial charge is 0.432 e. The highest BCUT2D eigenvalue weighted by Crippen LogP contribution is 2.38. The van der Waals surface area contributed by atoms with Gasteiger partial charge >= 0.3 is 6.11 Å². The Hall–Kier alpha value is -4.87. The van der Waals surface area contributed by atoms with Crippen LogP contribution in [0.4, 0.5) is 39.5 Å². The minimum atomic E-state index is -4.81. The predicted molar refractivity (Wildman–Crippen MR) is 145 cm³/mol. The van der Waals surface area contributed by atoms with Gasteiger partial charge < -0.3 is 4.74 Å². The quantitative estimate of drug-likeness (QED) is 0.140. The van der Waals surface area contributed by atoms with Gasteiger partial charge in [0.05, 0.1) is 0 Å². The van der Waals surface area contributed by atoms with Crippen molar-refractivity contribution >= 4 is 0 Å². The molecule has 0 spiro atoms. The lowest BCUT2D eigenvalue weighted by Gasteiger charge is -2.20. The Morgan fingerprint density at radius 1 is 0.568 bits per heavy atom. The third-order valence-corrected chi connectivity index (χ3v) is 6.14. The Kier molecular flexibility index (Phi) is 9.31. The minimum absolute atomic E-state index is 0.00511. The number of halogens is 9. The molecule has 12 heteroatoms. The van der Waals surface area contributed by atoms with Gasteiger partial charge in [0.15, 0.2) is 23.3 Å². The van der Waals surface area contributed by atoms with Crippen LogP contribution in [0.25, 0.3) is 33.6 Å². The molecule has 0 atom stereocenters. The van der Waals surface area contributed by atoms with E-state index < -0.39 is 69.3 Å². The molecule has 0 saturated heterocycles. The molecule has 44 heavy (non-hydrogen) atoms. The molecule has 5 rings (SSSR count). The molecule has 5 aromatic rings. The van der Waals surface area contributed by atoms with Crippen molar-refractivity contribution < 1.29 is 44.3 Å². The molecule has 1 heterocycles. The summed E-state index contributed by atoms with van der Waals surface area (Å²) in [6.45, 7) is 5.79. The van der Waals surface area contributed by atoms with Crippen molar-refractivity contribution in [2.45, 2.75) is 26.9 Å². The van der Waals surface area contributed by atoms with Crippen LogP contribution in [0.1, 0.15) is 25.0 Å². The highest BCUT2D eigenvalue weighted by Gasteiger charge is 2.41. The molecule has 0 amide bonds. The minimum Gasteiger partial charge on any atom is -0.429 e. The molecular formula is C32H21F9N2O. The predicted octanol–water partition coefficient (Wildman–Crippen LogP) is 9.91. The first kappa shape index (κ1) is 32.1. The van der Waals surface area contributed by atoms with Crippen molar-refractivity contribution in [1.29, 1.82) is 0 Å². The fourth-order valence-electron chi connectivity index (χ4n) is 4.14. The number of hydrogen-bond acceptors (Lipinski definition) is 3. The van der Waals surface area contributed by atoms with Crippen LogP contribution < -0.4 is 4.74 Å². The van der Waals surface area contributed by atoms with Crippen LogP contribution in [0.15, 0.2) is 73.1 Å². The second-order valence-corrected chi connectivity index (χ2v) is 9.11. The van der Waals surface area contributed by atoms with E-state index in [9.17, 15) is 35.1 Å². The number of hydrogen-bond donors (Lipinski definition) is 0. The van der Waals surface area contributed by atoms with E-state index in [2.05, 4.69) is 14.7 Å². The topological polar surface area (TPSA) is 35.0 Å². The zero-order valence-corrected chi connectivity index (χ0v) is 23.1. The number of aromatic nitrogens is 2. The number of nitrogens with zero attached hydrogens (tertiary/aromatic N) is 2. The van der Waals surface area contributed by atoms with Crippen LogP contribution >= 0.6 is 0 Å². The first-order valence-corrected chi connectivity index (χ1v) is 12.9. The first-order chi connectivity index (χ1) is 20.8. The summed E-state index contributed by atoms with van der Waals surface area (Å²) in [5, 5.41) is 0. The molecule has 0 bridgehead atoms.